The lowest BCUT2D eigenvalue weighted by Crippen LogP contribution is -2.26. The normalized spacial score (nSPS) is 19.2. The van der Waals surface area contributed by atoms with Gasteiger partial charge < -0.3 is 20.7 Å². The van der Waals surface area contributed by atoms with Crippen molar-refractivity contribution < 1.29 is 14.3 Å². The van der Waals surface area contributed by atoms with E-state index in [4.69, 9.17) is 4.74 Å². The van der Waals surface area contributed by atoms with Crippen LogP contribution >= 0.6 is 0 Å². The van der Waals surface area contributed by atoms with E-state index in [0.717, 1.165) is 51.6 Å². The van der Waals surface area contributed by atoms with Crippen LogP contribution < -0.4 is 20.7 Å². The fourth-order valence-electron chi connectivity index (χ4n) is 4.82. The molecule has 172 valence electrons. The quantitative estimate of drug-likeness (QED) is 0.477. The van der Waals surface area contributed by atoms with Crippen LogP contribution in [-0.2, 0) is 9.59 Å². The Morgan fingerprint density at radius 3 is 2.26 bits per heavy atom. The summed E-state index contributed by atoms with van der Waals surface area (Å²) in [6.07, 6.45) is 1.19. The molecule has 0 spiro atoms. The standard InChI is InChI=1S/C28H27N3O3/c1-17(32)29-21-11-7-19(8-12-21)28-27-25(30-23-5-3-4-6-24(23)31-28)15-20(16-26(27)33)18-9-13-22(34-2)14-10-18/h3-14,20,28,30-31H,15-16H2,1-2H3,(H,29,32)/t20-,28-/m1/s1. The fourth-order valence-corrected chi connectivity index (χ4v) is 4.82. The molecule has 2 atom stereocenters. The van der Waals surface area contributed by atoms with Gasteiger partial charge in [0, 0.05) is 30.3 Å². The van der Waals surface area contributed by atoms with Gasteiger partial charge in [-0.15, -0.1) is 0 Å². The van der Waals surface area contributed by atoms with E-state index < -0.39 is 0 Å². The molecule has 5 rings (SSSR count). The van der Waals surface area contributed by atoms with E-state index in [1.54, 1.807) is 7.11 Å². The van der Waals surface area contributed by atoms with E-state index in [-0.39, 0.29) is 23.7 Å². The smallest absolute Gasteiger partial charge is 0.221 e. The molecule has 0 bridgehead atoms. The summed E-state index contributed by atoms with van der Waals surface area (Å²) >= 11 is 0. The number of benzene rings is 3. The Hall–Kier alpha value is -4.06. The lowest BCUT2D eigenvalue weighted by molar-refractivity contribution is -0.116. The average Bonchev–Trinajstić information content (AvgIpc) is 3.01. The zero-order valence-electron chi connectivity index (χ0n) is 19.2. The van der Waals surface area contributed by atoms with Gasteiger partial charge in [0.25, 0.3) is 0 Å². The van der Waals surface area contributed by atoms with Crippen molar-refractivity contribution in [2.45, 2.75) is 31.7 Å². The molecule has 0 aromatic heterocycles. The first-order chi connectivity index (χ1) is 16.5. The molecule has 1 aliphatic heterocycles. The second-order valence-corrected chi connectivity index (χ2v) is 8.74. The number of amides is 1. The van der Waals surface area contributed by atoms with Crippen molar-refractivity contribution in [3.05, 3.63) is 95.2 Å². The molecule has 0 radical (unpaired) electrons. The Labute approximate surface area is 199 Å². The van der Waals surface area contributed by atoms with Crippen LogP contribution in [0.5, 0.6) is 5.75 Å². The largest absolute Gasteiger partial charge is 0.497 e. The zero-order valence-corrected chi connectivity index (χ0v) is 19.2. The average molecular weight is 454 g/mol. The molecule has 1 aliphatic carbocycles. The summed E-state index contributed by atoms with van der Waals surface area (Å²) in [5.74, 6) is 0.915. The highest BCUT2D eigenvalue weighted by atomic mass is 16.5. The summed E-state index contributed by atoms with van der Waals surface area (Å²) in [5, 5.41) is 9.96. The molecule has 0 fully saturated rings. The number of ketones is 1. The minimum absolute atomic E-state index is 0.0951. The summed E-state index contributed by atoms with van der Waals surface area (Å²) in [7, 11) is 1.65. The number of hydrogen-bond donors (Lipinski definition) is 3. The van der Waals surface area contributed by atoms with Crippen molar-refractivity contribution >= 4 is 28.8 Å². The summed E-state index contributed by atoms with van der Waals surface area (Å²) in [5.41, 5.74) is 6.45. The van der Waals surface area contributed by atoms with E-state index in [2.05, 4.69) is 16.0 Å². The van der Waals surface area contributed by atoms with Crippen molar-refractivity contribution in [2.75, 3.05) is 23.1 Å². The van der Waals surface area contributed by atoms with Gasteiger partial charge in [0.1, 0.15) is 5.75 Å². The highest BCUT2D eigenvalue weighted by Crippen LogP contribution is 2.44. The molecule has 3 aromatic rings. The zero-order chi connectivity index (χ0) is 23.7. The van der Waals surface area contributed by atoms with Gasteiger partial charge in [-0.2, -0.15) is 0 Å². The molecular formula is C28H27N3O3. The van der Waals surface area contributed by atoms with Crippen LogP contribution in [0.15, 0.2) is 84.1 Å². The van der Waals surface area contributed by atoms with Crippen LogP contribution in [0.4, 0.5) is 17.1 Å². The van der Waals surface area contributed by atoms with E-state index in [9.17, 15) is 9.59 Å². The van der Waals surface area contributed by atoms with Gasteiger partial charge >= 0.3 is 0 Å². The summed E-state index contributed by atoms with van der Waals surface area (Å²) in [4.78, 5) is 25.0. The third-order valence-corrected chi connectivity index (χ3v) is 6.46. The maximum Gasteiger partial charge on any atom is 0.221 e. The topological polar surface area (TPSA) is 79.5 Å². The van der Waals surface area contributed by atoms with Crippen molar-refractivity contribution in [3.63, 3.8) is 0 Å². The number of carbonyl (C=O) groups is 2. The first-order valence-corrected chi connectivity index (χ1v) is 11.4. The summed E-state index contributed by atoms with van der Waals surface area (Å²) in [6.45, 7) is 1.49. The molecule has 0 saturated heterocycles. The molecule has 2 aliphatic rings. The predicted molar refractivity (Wildman–Crippen MR) is 134 cm³/mol. The number of ether oxygens (including phenoxy) is 1. The Kier molecular flexibility index (Phi) is 5.80. The maximum atomic E-state index is 13.6. The number of fused-ring (bicyclic) bond motifs is 1. The highest BCUT2D eigenvalue weighted by Gasteiger charge is 2.36. The molecule has 3 aromatic carbocycles. The first-order valence-electron chi connectivity index (χ1n) is 11.4. The Morgan fingerprint density at radius 1 is 0.912 bits per heavy atom. The lowest BCUT2D eigenvalue weighted by atomic mass is 9.78. The lowest BCUT2D eigenvalue weighted by Gasteiger charge is -2.30. The summed E-state index contributed by atoms with van der Waals surface area (Å²) < 4.78 is 5.29. The number of methoxy groups -OCH3 is 1. The van der Waals surface area contributed by atoms with Crippen LogP contribution in [0.2, 0.25) is 0 Å². The predicted octanol–water partition coefficient (Wildman–Crippen LogP) is 5.63. The monoisotopic (exact) mass is 453 g/mol. The minimum atomic E-state index is -0.290. The molecular weight excluding hydrogens is 426 g/mol. The number of Topliss-reactive ketones (excluding diaryl/α,β-unsaturated/α-hetero) is 1. The molecule has 6 heteroatoms. The van der Waals surface area contributed by atoms with Crippen LogP contribution in [0.1, 0.15) is 42.9 Å². The van der Waals surface area contributed by atoms with Gasteiger partial charge in [0.15, 0.2) is 5.78 Å². The molecule has 3 N–H and O–H groups in total. The van der Waals surface area contributed by atoms with Gasteiger partial charge in [0.05, 0.1) is 24.5 Å². The number of rotatable bonds is 4. The molecule has 0 saturated carbocycles. The SMILES string of the molecule is COc1ccc([C@H]2CC(=O)C3=C(C2)Nc2ccccc2N[C@@H]3c2ccc(NC(C)=O)cc2)cc1. The second-order valence-electron chi connectivity index (χ2n) is 8.74. The third kappa shape index (κ3) is 4.27. The van der Waals surface area contributed by atoms with Gasteiger partial charge in [-0.25, -0.2) is 0 Å². The van der Waals surface area contributed by atoms with Gasteiger partial charge in [0.2, 0.25) is 5.91 Å². The molecule has 34 heavy (non-hydrogen) atoms. The number of nitrogens with one attached hydrogen (secondary N) is 3. The molecule has 6 nitrogen and oxygen atoms in total. The van der Waals surface area contributed by atoms with E-state index in [0.29, 0.717) is 6.42 Å². The van der Waals surface area contributed by atoms with E-state index in [1.165, 1.54) is 6.92 Å². The number of hydrogen-bond acceptors (Lipinski definition) is 5. The van der Waals surface area contributed by atoms with Gasteiger partial charge in [-0.3, -0.25) is 9.59 Å². The Bertz CT molecular complexity index is 1260. The second kappa shape index (κ2) is 9.06. The number of allylic oxidation sites excluding steroid dienone is 1. The Morgan fingerprint density at radius 2 is 1.59 bits per heavy atom. The molecule has 0 unspecified atom stereocenters. The van der Waals surface area contributed by atoms with Crippen LogP contribution in [0.3, 0.4) is 0 Å². The van der Waals surface area contributed by atoms with Gasteiger partial charge in [-0.1, -0.05) is 36.4 Å². The van der Waals surface area contributed by atoms with E-state index >= 15 is 0 Å². The van der Waals surface area contributed by atoms with Crippen molar-refractivity contribution in [2.24, 2.45) is 0 Å². The number of carbonyl (C=O) groups excluding carboxylic acids is 2. The minimum Gasteiger partial charge on any atom is -0.497 e. The number of para-hydroxylation sites is 2. The fraction of sp³-hybridized carbons (Fsp3) is 0.214. The number of anilines is 3. The van der Waals surface area contributed by atoms with Crippen molar-refractivity contribution in [3.8, 4) is 5.75 Å². The maximum absolute atomic E-state index is 13.6. The highest BCUT2D eigenvalue weighted by molar-refractivity contribution is 6.01. The van der Waals surface area contributed by atoms with Crippen LogP contribution in [0.25, 0.3) is 0 Å². The first kappa shape index (κ1) is 21.8. The van der Waals surface area contributed by atoms with Crippen LogP contribution in [-0.4, -0.2) is 18.8 Å². The van der Waals surface area contributed by atoms with E-state index in [1.807, 2.05) is 72.8 Å². The van der Waals surface area contributed by atoms with Crippen molar-refractivity contribution in [1.82, 2.24) is 0 Å². The van der Waals surface area contributed by atoms with Gasteiger partial charge in [-0.05, 0) is 59.9 Å². The molecule has 1 amide bonds. The van der Waals surface area contributed by atoms with Crippen LogP contribution in [0, 0.1) is 0 Å². The third-order valence-electron chi connectivity index (χ3n) is 6.46. The summed E-state index contributed by atoms with van der Waals surface area (Å²) in [6, 6.07) is 23.4. The van der Waals surface area contributed by atoms with Crippen molar-refractivity contribution in [1.29, 1.82) is 0 Å². The molecule has 1 heterocycles. The Balaban J connectivity index is 1.53.